The van der Waals surface area contributed by atoms with Crippen molar-refractivity contribution in [3.8, 4) is 5.75 Å². The number of carbonyl (C=O) groups is 1. The number of carbonyl (C=O) groups excluding carboxylic acids is 1. The molecule has 1 rings (SSSR count). The highest BCUT2D eigenvalue weighted by atomic mass is 19.1. The van der Waals surface area contributed by atoms with Crippen LogP contribution >= 0.6 is 0 Å². The van der Waals surface area contributed by atoms with Crippen molar-refractivity contribution >= 4 is 5.91 Å². The Morgan fingerprint density at radius 3 is 2.72 bits per heavy atom. The second kappa shape index (κ2) is 6.35. The van der Waals surface area contributed by atoms with Gasteiger partial charge in [-0.25, -0.2) is 4.39 Å². The fraction of sp³-hybridized carbons (Fsp3) is 0.462. The molecule has 0 aliphatic heterocycles. The zero-order valence-corrected chi connectivity index (χ0v) is 10.9. The van der Waals surface area contributed by atoms with Gasteiger partial charge in [-0.3, -0.25) is 4.79 Å². The SMILES string of the molecule is CCNC(=O)C(C)Oc1ccc(F)cc1[C@@H](C)N. The van der Waals surface area contributed by atoms with Gasteiger partial charge in [0.05, 0.1) is 0 Å². The fourth-order valence-electron chi connectivity index (χ4n) is 1.54. The van der Waals surface area contributed by atoms with Gasteiger partial charge in [-0.05, 0) is 39.0 Å². The smallest absolute Gasteiger partial charge is 0.260 e. The van der Waals surface area contributed by atoms with Crippen molar-refractivity contribution in [1.29, 1.82) is 0 Å². The number of amides is 1. The zero-order chi connectivity index (χ0) is 13.7. The van der Waals surface area contributed by atoms with Gasteiger partial charge >= 0.3 is 0 Å². The number of nitrogens with two attached hydrogens (primary N) is 1. The molecule has 0 aliphatic carbocycles. The van der Waals surface area contributed by atoms with Crippen LogP contribution in [0.3, 0.4) is 0 Å². The van der Waals surface area contributed by atoms with Gasteiger partial charge < -0.3 is 15.8 Å². The Kier molecular flexibility index (Phi) is 5.09. The molecule has 5 heteroatoms. The summed E-state index contributed by atoms with van der Waals surface area (Å²) < 4.78 is 18.7. The Hall–Kier alpha value is -1.62. The average molecular weight is 254 g/mol. The Balaban J connectivity index is 2.87. The van der Waals surface area contributed by atoms with E-state index >= 15 is 0 Å². The number of likely N-dealkylation sites (N-methyl/N-ethyl adjacent to an activating group) is 1. The zero-order valence-electron chi connectivity index (χ0n) is 10.9. The molecule has 0 fully saturated rings. The van der Waals surface area contributed by atoms with Crippen molar-refractivity contribution < 1.29 is 13.9 Å². The van der Waals surface area contributed by atoms with E-state index in [-0.39, 0.29) is 17.8 Å². The maximum absolute atomic E-state index is 13.1. The van der Waals surface area contributed by atoms with Crippen LogP contribution in [0.15, 0.2) is 18.2 Å². The van der Waals surface area contributed by atoms with Crippen LogP contribution in [0.5, 0.6) is 5.75 Å². The van der Waals surface area contributed by atoms with Crippen LogP contribution < -0.4 is 15.8 Å². The third-order valence-electron chi connectivity index (χ3n) is 2.49. The molecule has 2 atom stereocenters. The normalized spacial score (nSPS) is 13.8. The molecule has 3 N–H and O–H groups in total. The van der Waals surface area contributed by atoms with Gasteiger partial charge in [-0.1, -0.05) is 0 Å². The van der Waals surface area contributed by atoms with Crippen molar-refractivity contribution in [2.24, 2.45) is 5.73 Å². The highest BCUT2D eigenvalue weighted by Gasteiger charge is 2.17. The van der Waals surface area contributed by atoms with Crippen LogP contribution in [-0.2, 0) is 4.79 Å². The number of benzene rings is 1. The number of hydrogen-bond acceptors (Lipinski definition) is 3. The molecule has 0 heterocycles. The van der Waals surface area contributed by atoms with Crippen LogP contribution in [0.4, 0.5) is 4.39 Å². The van der Waals surface area contributed by atoms with Gasteiger partial charge in [0.25, 0.3) is 5.91 Å². The summed E-state index contributed by atoms with van der Waals surface area (Å²) in [7, 11) is 0. The molecule has 0 bridgehead atoms. The van der Waals surface area contributed by atoms with Crippen molar-refractivity contribution in [3.05, 3.63) is 29.6 Å². The van der Waals surface area contributed by atoms with Crippen molar-refractivity contribution in [2.45, 2.75) is 32.9 Å². The quantitative estimate of drug-likeness (QED) is 0.841. The lowest BCUT2D eigenvalue weighted by Gasteiger charge is -2.18. The lowest BCUT2D eigenvalue weighted by Crippen LogP contribution is -2.36. The summed E-state index contributed by atoms with van der Waals surface area (Å²) in [5.74, 6) is -0.150. The van der Waals surface area contributed by atoms with Crippen molar-refractivity contribution in [1.82, 2.24) is 5.32 Å². The molecule has 1 aromatic rings. The highest BCUT2D eigenvalue weighted by Crippen LogP contribution is 2.25. The first-order chi connectivity index (χ1) is 8.45. The van der Waals surface area contributed by atoms with Gasteiger partial charge in [-0.15, -0.1) is 0 Å². The molecule has 0 aliphatic rings. The van der Waals surface area contributed by atoms with Gasteiger partial charge in [-0.2, -0.15) is 0 Å². The number of hydrogen-bond donors (Lipinski definition) is 2. The third-order valence-corrected chi connectivity index (χ3v) is 2.49. The largest absolute Gasteiger partial charge is 0.481 e. The van der Waals surface area contributed by atoms with Crippen LogP contribution in [0.1, 0.15) is 32.4 Å². The molecule has 0 saturated heterocycles. The van der Waals surface area contributed by atoms with E-state index in [0.29, 0.717) is 17.9 Å². The predicted octanol–water partition coefficient (Wildman–Crippen LogP) is 1.75. The molecule has 1 aromatic carbocycles. The van der Waals surface area contributed by atoms with Gasteiger partial charge in [0, 0.05) is 18.2 Å². The first-order valence-electron chi connectivity index (χ1n) is 5.95. The van der Waals surface area contributed by atoms with Gasteiger partial charge in [0.2, 0.25) is 0 Å². The van der Waals surface area contributed by atoms with Gasteiger partial charge in [0.1, 0.15) is 11.6 Å². The molecule has 4 nitrogen and oxygen atoms in total. The minimum atomic E-state index is -0.645. The number of halogens is 1. The summed E-state index contributed by atoms with van der Waals surface area (Å²) in [6.45, 7) is 5.74. The molecule has 18 heavy (non-hydrogen) atoms. The first-order valence-corrected chi connectivity index (χ1v) is 5.95. The summed E-state index contributed by atoms with van der Waals surface area (Å²) in [6, 6.07) is 3.73. The van der Waals surface area contributed by atoms with Crippen molar-refractivity contribution in [2.75, 3.05) is 6.54 Å². The average Bonchev–Trinajstić information content (AvgIpc) is 2.31. The summed E-state index contributed by atoms with van der Waals surface area (Å²) in [6.07, 6.45) is -0.645. The Morgan fingerprint density at radius 2 is 2.17 bits per heavy atom. The molecule has 100 valence electrons. The van der Waals surface area contributed by atoms with E-state index in [1.165, 1.54) is 18.2 Å². The minimum Gasteiger partial charge on any atom is -0.481 e. The van der Waals surface area contributed by atoms with E-state index in [9.17, 15) is 9.18 Å². The topological polar surface area (TPSA) is 64.3 Å². The minimum absolute atomic E-state index is 0.211. The summed E-state index contributed by atoms with van der Waals surface area (Å²) in [5, 5.41) is 2.66. The highest BCUT2D eigenvalue weighted by molar-refractivity contribution is 5.80. The third kappa shape index (κ3) is 3.70. The van der Waals surface area contributed by atoms with Crippen molar-refractivity contribution in [3.63, 3.8) is 0 Å². The van der Waals surface area contributed by atoms with Crippen LogP contribution in [-0.4, -0.2) is 18.6 Å². The number of rotatable bonds is 5. The van der Waals surface area contributed by atoms with Crippen LogP contribution in [0.25, 0.3) is 0 Å². The van der Waals surface area contributed by atoms with Gasteiger partial charge in [0.15, 0.2) is 6.10 Å². The summed E-state index contributed by atoms with van der Waals surface area (Å²) in [5.41, 5.74) is 6.29. The molecule has 1 unspecified atom stereocenters. The van der Waals surface area contributed by atoms with E-state index in [1.807, 2.05) is 6.92 Å². The Morgan fingerprint density at radius 1 is 1.50 bits per heavy atom. The molecule has 0 aromatic heterocycles. The summed E-state index contributed by atoms with van der Waals surface area (Å²) in [4.78, 5) is 11.6. The van der Waals surface area contributed by atoms with E-state index < -0.39 is 6.10 Å². The lowest BCUT2D eigenvalue weighted by atomic mass is 10.1. The maximum atomic E-state index is 13.1. The van der Waals surface area contributed by atoms with E-state index in [0.717, 1.165) is 0 Å². The molecule has 0 saturated carbocycles. The number of nitrogens with one attached hydrogen (secondary N) is 1. The molecule has 1 amide bonds. The molecule has 0 radical (unpaired) electrons. The molecular formula is C13H19FN2O2. The molecule has 0 spiro atoms. The summed E-state index contributed by atoms with van der Waals surface area (Å²) >= 11 is 0. The maximum Gasteiger partial charge on any atom is 0.260 e. The monoisotopic (exact) mass is 254 g/mol. The second-order valence-corrected chi connectivity index (χ2v) is 4.13. The Labute approximate surface area is 106 Å². The fourth-order valence-corrected chi connectivity index (χ4v) is 1.54. The van der Waals surface area contributed by atoms with Crippen LogP contribution in [0.2, 0.25) is 0 Å². The standard InChI is InChI=1S/C13H19FN2O2/c1-4-16-13(17)9(3)18-12-6-5-10(14)7-11(12)8(2)15/h5-9H,4,15H2,1-3H3,(H,16,17)/t8-,9?/m1/s1. The predicted molar refractivity (Wildman–Crippen MR) is 67.8 cm³/mol. The second-order valence-electron chi connectivity index (χ2n) is 4.13. The molecular weight excluding hydrogens is 235 g/mol. The first kappa shape index (κ1) is 14.4. The lowest BCUT2D eigenvalue weighted by molar-refractivity contribution is -0.127. The van der Waals surface area contributed by atoms with E-state index in [4.69, 9.17) is 10.5 Å². The Bertz CT molecular complexity index is 421. The van der Waals surface area contributed by atoms with E-state index in [2.05, 4.69) is 5.32 Å². The van der Waals surface area contributed by atoms with E-state index in [1.54, 1.807) is 13.8 Å². The van der Waals surface area contributed by atoms with Crippen LogP contribution in [0, 0.1) is 5.82 Å². The number of ether oxygens (including phenoxy) is 1.